The van der Waals surface area contributed by atoms with Gasteiger partial charge in [-0.05, 0) is 30.7 Å². The zero-order valence-electron chi connectivity index (χ0n) is 16.5. The maximum atomic E-state index is 13.0. The Morgan fingerprint density at radius 2 is 2.00 bits per heavy atom. The van der Waals surface area contributed by atoms with E-state index in [1.165, 1.54) is 6.92 Å². The molecule has 0 bridgehead atoms. The van der Waals surface area contributed by atoms with Crippen molar-refractivity contribution in [1.29, 1.82) is 0 Å². The van der Waals surface area contributed by atoms with Crippen LogP contribution in [0.15, 0.2) is 40.9 Å². The number of ketones is 1. The van der Waals surface area contributed by atoms with E-state index in [2.05, 4.69) is 15.2 Å². The summed E-state index contributed by atoms with van der Waals surface area (Å²) in [6, 6.07) is 8.63. The van der Waals surface area contributed by atoms with E-state index >= 15 is 0 Å². The van der Waals surface area contributed by atoms with E-state index in [0.717, 1.165) is 49.5 Å². The number of benzene rings is 1. The van der Waals surface area contributed by atoms with Crippen molar-refractivity contribution in [3.63, 3.8) is 0 Å². The molecular formula is C22H23N3O4. The Balaban J connectivity index is 1.66. The van der Waals surface area contributed by atoms with Crippen LogP contribution in [0.1, 0.15) is 34.3 Å². The third-order valence-electron chi connectivity index (χ3n) is 4.99. The molecule has 29 heavy (non-hydrogen) atoms. The number of anilines is 1. The summed E-state index contributed by atoms with van der Waals surface area (Å²) in [6.07, 6.45) is 1.86. The summed E-state index contributed by atoms with van der Waals surface area (Å²) in [7, 11) is 0. The number of rotatable bonds is 5. The number of amides is 1. The smallest absolute Gasteiger partial charge is 0.228 e. The number of hydrogen-bond donors (Lipinski definition) is 1. The Hall–Kier alpha value is -3.03. The number of furan rings is 1. The lowest BCUT2D eigenvalue weighted by atomic mass is 10.1. The molecule has 1 aliphatic heterocycles. The minimum Gasteiger partial charge on any atom is -0.451 e. The van der Waals surface area contributed by atoms with E-state index in [1.807, 2.05) is 13.1 Å². The zero-order valence-corrected chi connectivity index (χ0v) is 16.5. The molecule has 150 valence electrons. The first kappa shape index (κ1) is 19.3. The molecule has 1 fully saturated rings. The van der Waals surface area contributed by atoms with Crippen LogP contribution in [0.4, 0.5) is 5.69 Å². The third kappa shape index (κ3) is 4.21. The van der Waals surface area contributed by atoms with Gasteiger partial charge >= 0.3 is 0 Å². The molecule has 0 spiro atoms. The molecule has 1 amide bonds. The first-order valence-electron chi connectivity index (χ1n) is 9.62. The minimum atomic E-state index is -0.231. The molecule has 0 unspecified atom stereocenters. The van der Waals surface area contributed by atoms with Crippen LogP contribution in [0.25, 0.3) is 11.0 Å². The van der Waals surface area contributed by atoms with Crippen molar-refractivity contribution < 1.29 is 18.7 Å². The SMILES string of the molecule is CC(=O)Nc1cccc(C(=O)c2cc3c(CN4CCOCC4)cnc(C)c3o2)c1. The lowest BCUT2D eigenvalue weighted by Gasteiger charge is -2.26. The van der Waals surface area contributed by atoms with Crippen molar-refractivity contribution in [2.45, 2.75) is 20.4 Å². The summed E-state index contributed by atoms with van der Waals surface area (Å²) in [4.78, 5) is 31.1. The molecular weight excluding hydrogens is 370 g/mol. The van der Waals surface area contributed by atoms with Gasteiger partial charge in [-0.15, -0.1) is 0 Å². The number of nitrogens with zero attached hydrogens (tertiary/aromatic N) is 2. The van der Waals surface area contributed by atoms with E-state index in [-0.39, 0.29) is 17.5 Å². The summed E-state index contributed by atoms with van der Waals surface area (Å²) in [5.74, 6) is -0.155. The van der Waals surface area contributed by atoms with E-state index in [4.69, 9.17) is 9.15 Å². The van der Waals surface area contributed by atoms with Gasteiger partial charge in [-0.2, -0.15) is 0 Å². The van der Waals surface area contributed by atoms with Gasteiger partial charge in [0.05, 0.1) is 18.9 Å². The average Bonchev–Trinajstić information content (AvgIpc) is 3.17. The molecule has 1 saturated heterocycles. The number of carbonyl (C=O) groups excluding carboxylic acids is 2. The summed E-state index contributed by atoms with van der Waals surface area (Å²) < 4.78 is 11.3. The fourth-order valence-corrected chi connectivity index (χ4v) is 3.52. The molecule has 3 heterocycles. The van der Waals surface area contributed by atoms with Crippen molar-refractivity contribution in [1.82, 2.24) is 9.88 Å². The molecule has 4 rings (SSSR count). The zero-order chi connectivity index (χ0) is 20.4. The van der Waals surface area contributed by atoms with Crippen LogP contribution in [0.2, 0.25) is 0 Å². The predicted molar refractivity (Wildman–Crippen MR) is 109 cm³/mol. The highest BCUT2D eigenvalue weighted by molar-refractivity contribution is 6.10. The van der Waals surface area contributed by atoms with Crippen molar-refractivity contribution in [3.8, 4) is 0 Å². The van der Waals surface area contributed by atoms with Gasteiger partial charge < -0.3 is 14.5 Å². The normalized spacial score (nSPS) is 14.8. The average molecular weight is 393 g/mol. The highest BCUT2D eigenvalue weighted by Crippen LogP contribution is 2.28. The quantitative estimate of drug-likeness (QED) is 0.671. The predicted octanol–water partition coefficient (Wildman–Crippen LogP) is 3.16. The van der Waals surface area contributed by atoms with Crippen molar-refractivity contribution in [2.75, 3.05) is 31.6 Å². The van der Waals surface area contributed by atoms with Gasteiger partial charge in [0.1, 0.15) is 0 Å². The van der Waals surface area contributed by atoms with Gasteiger partial charge in [-0.25, -0.2) is 0 Å². The van der Waals surface area contributed by atoms with Crippen LogP contribution >= 0.6 is 0 Å². The number of aromatic nitrogens is 1. The maximum Gasteiger partial charge on any atom is 0.228 e. The van der Waals surface area contributed by atoms with Gasteiger partial charge in [-0.1, -0.05) is 12.1 Å². The van der Waals surface area contributed by atoms with Gasteiger partial charge in [0.25, 0.3) is 0 Å². The second-order valence-corrected chi connectivity index (χ2v) is 7.20. The van der Waals surface area contributed by atoms with Crippen LogP contribution in [-0.4, -0.2) is 47.9 Å². The van der Waals surface area contributed by atoms with E-state index in [9.17, 15) is 9.59 Å². The minimum absolute atomic E-state index is 0.187. The van der Waals surface area contributed by atoms with Gasteiger partial charge in [0.2, 0.25) is 11.7 Å². The number of fused-ring (bicyclic) bond motifs is 1. The Morgan fingerprint density at radius 3 is 2.76 bits per heavy atom. The van der Waals surface area contributed by atoms with E-state index in [1.54, 1.807) is 30.3 Å². The lowest BCUT2D eigenvalue weighted by molar-refractivity contribution is -0.114. The van der Waals surface area contributed by atoms with Gasteiger partial charge in [0, 0.05) is 49.4 Å². The Bertz CT molecular complexity index is 1070. The molecule has 1 aromatic carbocycles. The van der Waals surface area contributed by atoms with Crippen LogP contribution < -0.4 is 5.32 Å². The second-order valence-electron chi connectivity index (χ2n) is 7.20. The summed E-state index contributed by atoms with van der Waals surface area (Å²) in [5.41, 5.74) is 3.44. The number of hydrogen-bond acceptors (Lipinski definition) is 6. The largest absolute Gasteiger partial charge is 0.451 e. The first-order valence-corrected chi connectivity index (χ1v) is 9.62. The molecule has 7 nitrogen and oxygen atoms in total. The number of morpholine rings is 1. The van der Waals surface area contributed by atoms with E-state index < -0.39 is 0 Å². The molecule has 1 aliphatic rings. The maximum absolute atomic E-state index is 13.0. The van der Waals surface area contributed by atoms with Crippen LogP contribution in [-0.2, 0) is 16.1 Å². The standard InChI is InChI=1S/C22H23N3O4/c1-14-22-19(17(12-23-14)13-25-6-8-28-9-7-25)11-20(29-22)21(27)16-4-3-5-18(10-16)24-15(2)26/h3-5,10-12H,6-9,13H2,1-2H3,(H,24,26). The molecule has 0 atom stereocenters. The number of aryl methyl sites for hydroxylation is 1. The molecule has 0 radical (unpaired) electrons. The number of nitrogens with one attached hydrogen (secondary N) is 1. The summed E-state index contributed by atoms with van der Waals surface area (Å²) in [6.45, 7) is 7.22. The Labute approximate surface area is 168 Å². The second kappa shape index (κ2) is 8.14. The Kier molecular flexibility index (Phi) is 5.42. The highest BCUT2D eigenvalue weighted by atomic mass is 16.5. The van der Waals surface area contributed by atoms with Crippen LogP contribution in [0.3, 0.4) is 0 Å². The number of ether oxygens (including phenoxy) is 1. The van der Waals surface area contributed by atoms with Crippen molar-refractivity contribution >= 4 is 28.3 Å². The topological polar surface area (TPSA) is 84.7 Å². The number of carbonyl (C=O) groups is 2. The molecule has 0 saturated carbocycles. The molecule has 1 N–H and O–H groups in total. The monoisotopic (exact) mass is 393 g/mol. The first-order chi connectivity index (χ1) is 14.0. The molecule has 3 aromatic rings. The van der Waals surface area contributed by atoms with Gasteiger partial charge in [0.15, 0.2) is 11.3 Å². The summed E-state index contributed by atoms with van der Waals surface area (Å²) in [5, 5.41) is 3.60. The fourth-order valence-electron chi connectivity index (χ4n) is 3.52. The molecule has 0 aliphatic carbocycles. The van der Waals surface area contributed by atoms with Crippen molar-refractivity contribution in [2.24, 2.45) is 0 Å². The van der Waals surface area contributed by atoms with Crippen molar-refractivity contribution in [3.05, 3.63) is 59.1 Å². The third-order valence-corrected chi connectivity index (χ3v) is 4.99. The van der Waals surface area contributed by atoms with E-state index in [0.29, 0.717) is 16.8 Å². The fraction of sp³-hybridized carbons (Fsp3) is 0.318. The highest BCUT2D eigenvalue weighted by Gasteiger charge is 2.20. The summed E-state index contributed by atoms with van der Waals surface area (Å²) >= 11 is 0. The van der Waals surface area contributed by atoms with Crippen LogP contribution in [0.5, 0.6) is 0 Å². The molecule has 2 aromatic heterocycles. The number of pyridine rings is 1. The van der Waals surface area contributed by atoms with Gasteiger partial charge in [-0.3, -0.25) is 19.5 Å². The lowest BCUT2D eigenvalue weighted by Crippen LogP contribution is -2.35. The Morgan fingerprint density at radius 1 is 1.21 bits per heavy atom. The molecule has 7 heteroatoms. The van der Waals surface area contributed by atoms with Crippen LogP contribution in [0, 0.1) is 6.92 Å².